The summed E-state index contributed by atoms with van der Waals surface area (Å²) in [5.74, 6) is 0.206. The van der Waals surface area contributed by atoms with Crippen LogP contribution in [0.4, 0.5) is 5.82 Å². The molecule has 1 aromatic heterocycles. The molecule has 1 heterocycles. The minimum absolute atomic E-state index is 0.372. The van der Waals surface area contributed by atoms with Crippen molar-refractivity contribution >= 4 is 11.7 Å². The number of nitrogens with two attached hydrogens (primary N) is 1. The predicted octanol–water partition coefficient (Wildman–Crippen LogP) is 1.43. The fourth-order valence-electron chi connectivity index (χ4n) is 2.70. The first-order chi connectivity index (χ1) is 9.11. The molecule has 19 heavy (non-hydrogen) atoms. The third-order valence-electron chi connectivity index (χ3n) is 3.88. The van der Waals surface area contributed by atoms with Gasteiger partial charge in [-0.1, -0.05) is 0 Å². The molecule has 2 rings (SSSR count). The number of pyridine rings is 1. The average molecular weight is 262 g/mol. The summed E-state index contributed by atoms with van der Waals surface area (Å²) in [5.41, 5.74) is 6.82. The molecule has 0 unspecified atom stereocenters. The molecule has 0 saturated heterocycles. The van der Waals surface area contributed by atoms with E-state index in [1.807, 2.05) is 20.0 Å². The summed E-state index contributed by atoms with van der Waals surface area (Å²) in [6.07, 6.45) is 6.17. The summed E-state index contributed by atoms with van der Waals surface area (Å²) >= 11 is 0. The van der Waals surface area contributed by atoms with Crippen LogP contribution in [0.3, 0.4) is 0 Å². The molecule has 0 aliphatic heterocycles. The lowest BCUT2D eigenvalue weighted by molar-refractivity contribution is 0.1000. The van der Waals surface area contributed by atoms with E-state index in [9.17, 15) is 4.79 Å². The Kier molecular flexibility index (Phi) is 4.37. The van der Waals surface area contributed by atoms with Crippen molar-refractivity contribution in [3.05, 3.63) is 23.4 Å². The molecular formula is C14H22N4O. The van der Waals surface area contributed by atoms with Crippen LogP contribution in [0, 0.1) is 6.92 Å². The van der Waals surface area contributed by atoms with Crippen LogP contribution in [0.15, 0.2) is 12.3 Å². The lowest BCUT2D eigenvalue weighted by atomic mass is 9.91. The van der Waals surface area contributed by atoms with Crippen LogP contribution in [0.2, 0.25) is 0 Å². The Morgan fingerprint density at radius 3 is 2.53 bits per heavy atom. The van der Waals surface area contributed by atoms with E-state index in [0.717, 1.165) is 31.2 Å². The molecule has 1 aliphatic rings. The van der Waals surface area contributed by atoms with Crippen LogP contribution >= 0.6 is 0 Å². The second-order valence-electron chi connectivity index (χ2n) is 5.20. The molecule has 1 aromatic rings. The minimum atomic E-state index is -0.419. The number of carbonyl (C=O) groups is 1. The highest BCUT2D eigenvalue weighted by molar-refractivity contribution is 5.99. The zero-order valence-corrected chi connectivity index (χ0v) is 11.6. The van der Waals surface area contributed by atoms with Crippen LogP contribution < -0.4 is 16.4 Å². The molecule has 0 atom stereocenters. The number of aryl methyl sites for hydroxylation is 1. The molecule has 1 fully saturated rings. The molecule has 0 spiro atoms. The van der Waals surface area contributed by atoms with E-state index in [0.29, 0.717) is 23.5 Å². The number of nitrogens with zero attached hydrogens (tertiary/aromatic N) is 1. The third-order valence-corrected chi connectivity index (χ3v) is 3.88. The number of amides is 1. The monoisotopic (exact) mass is 262 g/mol. The van der Waals surface area contributed by atoms with Gasteiger partial charge in [0.25, 0.3) is 5.91 Å². The summed E-state index contributed by atoms with van der Waals surface area (Å²) in [4.78, 5) is 15.8. The van der Waals surface area contributed by atoms with Crippen molar-refractivity contribution in [3.8, 4) is 0 Å². The Morgan fingerprint density at radius 1 is 1.32 bits per heavy atom. The van der Waals surface area contributed by atoms with Gasteiger partial charge in [0.05, 0.1) is 5.56 Å². The molecule has 104 valence electrons. The molecular weight excluding hydrogens is 240 g/mol. The van der Waals surface area contributed by atoms with Gasteiger partial charge in [-0.15, -0.1) is 0 Å². The average Bonchev–Trinajstić information content (AvgIpc) is 2.39. The molecule has 4 N–H and O–H groups in total. The molecule has 1 aliphatic carbocycles. The van der Waals surface area contributed by atoms with E-state index in [-0.39, 0.29) is 0 Å². The maximum atomic E-state index is 11.5. The summed E-state index contributed by atoms with van der Waals surface area (Å²) < 4.78 is 0. The summed E-state index contributed by atoms with van der Waals surface area (Å²) in [5, 5.41) is 6.69. The Labute approximate surface area is 114 Å². The standard InChI is InChI=1S/C14H22N4O/c1-9-7-8-17-14(12(9)13(15)19)18-11-5-3-10(16-2)4-6-11/h7-8,10-11,16H,3-6H2,1-2H3,(H2,15,19)(H,17,18). The van der Waals surface area contributed by atoms with E-state index >= 15 is 0 Å². The number of hydrogen-bond acceptors (Lipinski definition) is 4. The number of aromatic nitrogens is 1. The lowest BCUT2D eigenvalue weighted by Crippen LogP contribution is -2.35. The minimum Gasteiger partial charge on any atom is -0.367 e. The van der Waals surface area contributed by atoms with Crippen molar-refractivity contribution in [1.29, 1.82) is 0 Å². The first-order valence-electron chi connectivity index (χ1n) is 6.81. The van der Waals surface area contributed by atoms with Gasteiger partial charge in [0.2, 0.25) is 0 Å². The highest BCUT2D eigenvalue weighted by Gasteiger charge is 2.22. The predicted molar refractivity (Wildman–Crippen MR) is 76.2 cm³/mol. The lowest BCUT2D eigenvalue weighted by Gasteiger charge is -2.29. The van der Waals surface area contributed by atoms with Crippen molar-refractivity contribution in [1.82, 2.24) is 10.3 Å². The van der Waals surface area contributed by atoms with Crippen molar-refractivity contribution in [3.63, 3.8) is 0 Å². The van der Waals surface area contributed by atoms with E-state index in [2.05, 4.69) is 15.6 Å². The van der Waals surface area contributed by atoms with Crippen LogP contribution in [0.25, 0.3) is 0 Å². The fourth-order valence-corrected chi connectivity index (χ4v) is 2.70. The van der Waals surface area contributed by atoms with Gasteiger partial charge < -0.3 is 16.4 Å². The Bertz CT molecular complexity index is 453. The maximum Gasteiger partial charge on any atom is 0.252 e. The molecule has 5 nitrogen and oxygen atoms in total. The number of hydrogen-bond donors (Lipinski definition) is 3. The van der Waals surface area contributed by atoms with Gasteiger partial charge in [-0.3, -0.25) is 4.79 Å². The highest BCUT2D eigenvalue weighted by Crippen LogP contribution is 2.24. The number of carbonyl (C=O) groups excluding carboxylic acids is 1. The normalized spacial score (nSPS) is 23.1. The molecule has 1 saturated carbocycles. The van der Waals surface area contributed by atoms with Crippen molar-refractivity contribution in [2.24, 2.45) is 5.73 Å². The van der Waals surface area contributed by atoms with Crippen LogP contribution in [0.5, 0.6) is 0 Å². The van der Waals surface area contributed by atoms with Gasteiger partial charge in [-0.05, 0) is 51.3 Å². The summed E-state index contributed by atoms with van der Waals surface area (Å²) in [6.45, 7) is 1.88. The smallest absolute Gasteiger partial charge is 0.252 e. The topological polar surface area (TPSA) is 80.0 Å². The van der Waals surface area contributed by atoms with Gasteiger partial charge in [0.1, 0.15) is 5.82 Å². The Morgan fingerprint density at radius 2 is 1.95 bits per heavy atom. The van der Waals surface area contributed by atoms with E-state index in [1.54, 1.807) is 6.20 Å². The van der Waals surface area contributed by atoms with Gasteiger partial charge >= 0.3 is 0 Å². The molecule has 5 heteroatoms. The Hall–Kier alpha value is -1.62. The number of anilines is 1. The quantitative estimate of drug-likeness (QED) is 0.767. The zero-order valence-electron chi connectivity index (χ0n) is 11.6. The summed E-state index contributed by atoms with van der Waals surface area (Å²) in [7, 11) is 2.01. The number of rotatable bonds is 4. The molecule has 0 radical (unpaired) electrons. The highest BCUT2D eigenvalue weighted by atomic mass is 16.1. The number of primary amides is 1. The van der Waals surface area contributed by atoms with E-state index in [1.165, 1.54) is 0 Å². The first-order valence-corrected chi connectivity index (χ1v) is 6.81. The Balaban J connectivity index is 2.08. The second kappa shape index (κ2) is 6.02. The second-order valence-corrected chi connectivity index (χ2v) is 5.20. The van der Waals surface area contributed by atoms with E-state index < -0.39 is 5.91 Å². The van der Waals surface area contributed by atoms with Crippen LogP contribution in [-0.2, 0) is 0 Å². The molecule has 0 bridgehead atoms. The van der Waals surface area contributed by atoms with Gasteiger partial charge in [-0.25, -0.2) is 4.98 Å². The first kappa shape index (κ1) is 13.8. The van der Waals surface area contributed by atoms with Gasteiger partial charge in [0, 0.05) is 18.3 Å². The van der Waals surface area contributed by atoms with Crippen molar-refractivity contribution in [2.45, 2.75) is 44.7 Å². The van der Waals surface area contributed by atoms with Crippen molar-refractivity contribution in [2.75, 3.05) is 12.4 Å². The third kappa shape index (κ3) is 3.23. The van der Waals surface area contributed by atoms with Gasteiger partial charge in [-0.2, -0.15) is 0 Å². The SMILES string of the molecule is CNC1CCC(Nc2nccc(C)c2C(N)=O)CC1. The van der Waals surface area contributed by atoms with Crippen LogP contribution in [0.1, 0.15) is 41.6 Å². The van der Waals surface area contributed by atoms with E-state index in [4.69, 9.17) is 5.73 Å². The zero-order chi connectivity index (χ0) is 13.8. The molecule has 1 amide bonds. The number of nitrogens with one attached hydrogen (secondary N) is 2. The van der Waals surface area contributed by atoms with Gasteiger partial charge in [0.15, 0.2) is 0 Å². The molecule has 0 aromatic carbocycles. The largest absolute Gasteiger partial charge is 0.367 e. The van der Waals surface area contributed by atoms with Crippen LogP contribution in [-0.4, -0.2) is 30.0 Å². The van der Waals surface area contributed by atoms with Crippen molar-refractivity contribution < 1.29 is 4.79 Å². The fraction of sp³-hybridized carbons (Fsp3) is 0.571. The summed E-state index contributed by atoms with van der Waals surface area (Å²) in [6, 6.07) is 2.79. The maximum absolute atomic E-state index is 11.5.